The zero-order valence-electron chi connectivity index (χ0n) is 12.7. The smallest absolute Gasteiger partial charge is 0.0352 e. The van der Waals surface area contributed by atoms with E-state index >= 15 is 0 Å². The van der Waals surface area contributed by atoms with Crippen LogP contribution in [0.2, 0.25) is 0 Å². The third-order valence-corrected chi connectivity index (χ3v) is 6.79. The first-order valence-corrected chi connectivity index (χ1v) is 7.97. The second-order valence-corrected chi connectivity index (χ2v) is 7.40. The fourth-order valence-electron chi connectivity index (χ4n) is 5.32. The molecule has 2 fully saturated rings. The van der Waals surface area contributed by atoms with Crippen LogP contribution in [0, 0.1) is 47.3 Å². The molecule has 0 bridgehead atoms. The third kappa shape index (κ3) is 2.17. The summed E-state index contributed by atoms with van der Waals surface area (Å²) in [7, 11) is 0. The number of hydrogen-bond donors (Lipinski definition) is 0. The van der Waals surface area contributed by atoms with Crippen molar-refractivity contribution in [1.82, 2.24) is 0 Å². The summed E-state index contributed by atoms with van der Waals surface area (Å²) in [6, 6.07) is 0. The van der Waals surface area contributed by atoms with Gasteiger partial charge in [0.15, 0.2) is 0 Å². The number of hydrogen-bond acceptors (Lipinski definition) is 0. The molecule has 2 aliphatic carbocycles. The summed E-state index contributed by atoms with van der Waals surface area (Å²) >= 11 is 0. The van der Waals surface area contributed by atoms with Gasteiger partial charge in [-0.1, -0.05) is 48.0 Å². The van der Waals surface area contributed by atoms with Crippen LogP contribution in [0.15, 0.2) is 0 Å². The Balaban J connectivity index is 2.09. The predicted octanol–water partition coefficient (Wildman–Crippen LogP) is 5.23. The predicted molar refractivity (Wildman–Crippen MR) is 75.8 cm³/mol. The molecule has 2 rings (SSSR count). The maximum atomic E-state index is 2.54. The van der Waals surface area contributed by atoms with Gasteiger partial charge in [-0.15, -0.1) is 0 Å². The van der Waals surface area contributed by atoms with Crippen molar-refractivity contribution in [3.05, 3.63) is 0 Å². The molecule has 0 saturated heterocycles. The summed E-state index contributed by atoms with van der Waals surface area (Å²) in [5, 5.41) is 0. The standard InChI is InChI=1S/C17H32/c1-7-15-11(3)9-17(14(15)6)16-8-10(2)12(4)13(16)5/h10-17H,7-9H2,1-6H3. The van der Waals surface area contributed by atoms with Gasteiger partial charge in [0.1, 0.15) is 0 Å². The highest BCUT2D eigenvalue weighted by Gasteiger charge is 2.46. The summed E-state index contributed by atoms with van der Waals surface area (Å²) in [5.74, 6) is 7.85. The van der Waals surface area contributed by atoms with Crippen LogP contribution >= 0.6 is 0 Å². The van der Waals surface area contributed by atoms with Crippen molar-refractivity contribution < 1.29 is 0 Å². The largest absolute Gasteiger partial charge is 0.0651 e. The van der Waals surface area contributed by atoms with E-state index in [0.29, 0.717) is 0 Å². The van der Waals surface area contributed by atoms with Gasteiger partial charge >= 0.3 is 0 Å². The topological polar surface area (TPSA) is 0 Å². The molecule has 0 aromatic heterocycles. The fraction of sp³-hybridized carbons (Fsp3) is 1.00. The van der Waals surface area contributed by atoms with Gasteiger partial charge < -0.3 is 0 Å². The maximum Gasteiger partial charge on any atom is -0.0352 e. The molecule has 0 amide bonds. The number of rotatable bonds is 2. The molecule has 0 heteroatoms. The average Bonchev–Trinajstić information content (AvgIpc) is 2.71. The highest BCUT2D eigenvalue weighted by molar-refractivity contribution is 4.95. The molecule has 0 aromatic carbocycles. The molecule has 0 nitrogen and oxygen atoms in total. The first-order chi connectivity index (χ1) is 7.97. The van der Waals surface area contributed by atoms with E-state index in [9.17, 15) is 0 Å². The fourth-order valence-corrected chi connectivity index (χ4v) is 5.32. The van der Waals surface area contributed by atoms with E-state index in [2.05, 4.69) is 41.5 Å². The van der Waals surface area contributed by atoms with Gasteiger partial charge in [-0.3, -0.25) is 0 Å². The van der Waals surface area contributed by atoms with Crippen LogP contribution in [0.25, 0.3) is 0 Å². The highest BCUT2D eigenvalue weighted by atomic mass is 14.5. The first kappa shape index (κ1) is 13.4. The SMILES string of the molecule is CCC1C(C)CC(C2CC(C)C(C)C2C)C1C. The molecule has 8 unspecified atom stereocenters. The minimum Gasteiger partial charge on any atom is -0.0651 e. The molecular weight excluding hydrogens is 204 g/mol. The minimum atomic E-state index is 0.947. The zero-order chi connectivity index (χ0) is 12.7. The molecule has 8 atom stereocenters. The molecule has 0 radical (unpaired) electrons. The Hall–Kier alpha value is 0. The lowest BCUT2D eigenvalue weighted by Gasteiger charge is -2.29. The van der Waals surface area contributed by atoms with Crippen LogP contribution in [-0.2, 0) is 0 Å². The molecule has 0 N–H and O–H groups in total. The van der Waals surface area contributed by atoms with E-state index in [1.165, 1.54) is 19.3 Å². The van der Waals surface area contributed by atoms with Gasteiger partial charge in [0.2, 0.25) is 0 Å². The Morgan fingerprint density at radius 3 is 1.65 bits per heavy atom. The highest BCUT2D eigenvalue weighted by Crippen LogP contribution is 2.54. The summed E-state index contributed by atoms with van der Waals surface area (Å²) in [5.41, 5.74) is 0. The monoisotopic (exact) mass is 236 g/mol. The molecule has 17 heavy (non-hydrogen) atoms. The maximum absolute atomic E-state index is 2.54. The van der Waals surface area contributed by atoms with E-state index in [1.807, 2.05) is 0 Å². The molecule has 0 aromatic rings. The molecule has 100 valence electrons. The van der Waals surface area contributed by atoms with E-state index < -0.39 is 0 Å². The average molecular weight is 236 g/mol. The van der Waals surface area contributed by atoms with E-state index in [0.717, 1.165) is 47.3 Å². The lowest BCUT2D eigenvalue weighted by atomic mass is 9.76. The zero-order valence-corrected chi connectivity index (χ0v) is 12.7. The second-order valence-electron chi connectivity index (χ2n) is 7.40. The van der Waals surface area contributed by atoms with Gasteiger partial charge in [0.05, 0.1) is 0 Å². The van der Waals surface area contributed by atoms with Crippen LogP contribution in [0.4, 0.5) is 0 Å². The van der Waals surface area contributed by atoms with E-state index in [4.69, 9.17) is 0 Å². The van der Waals surface area contributed by atoms with Gasteiger partial charge in [-0.2, -0.15) is 0 Å². The van der Waals surface area contributed by atoms with Crippen molar-refractivity contribution in [3.63, 3.8) is 0 Å². The Labute approximate surface area is 109 Å². The van der Waals surface area contributed by atoms with Gasteiger partial charge in [-0.05, 0) is 60.2 Å². The Morgan fingerprint density at radius 2 is 1.24 bits per heavy atom. The van der Waals surface area contributed by atoms with Crippen molar-refractivity contribution in [1.29, 1.82) is 0 Å². The molecular formula is C17H32. The molecule has 0 spiro atoms. The Bertz CT molecular complexity index is 257. The normalized spacial score (nSPS) is 55.4. The van der Waals surface area contributed by atoms with Gasteiger partial charge in [0, 0.05) is 0 Å². The van der Waals surface area contributed by atoms with Crippen LogP contribution in [0.5, 0.6) is 0 Å². The first-order valence-electron chi connectivity index (χ1n) is 7.97. The van der Waals surface area contributed by atoms with Crippen LogP contribution in [0.3, 0.4) is 0 Å². The Kier molecular flexibility index (Phi) is 3.90. The van der Waals surface area contributed by atoms with Crippen LogP contribution in [-0.4, -0.2) is 0 Å². The van der Waals surface area contributed by atoms with Crippen molar-refractivity contribution >= 4 is 0 Å². The molecule has 0 heterocycles. The van der Waals surface area contributed by atoms with Crippen molar-refractivity contribution in [2.24, 2.45) is 47.3 Å². The minimum absolute atomic E-state index is 0.947. The summed E-state index contributed by atoms with van der Waals surface area (Å²) < 4.78 is 0. The van der Waals surface area contributed by atoms with Crippen LogP contribution < -0.4 is 0 Å². The van der Waals surface area contributed by atoms with Crippen molar-refractivity contribution in [3.8, 4) is 0 Å². The van der Waals surface area contributed by atoms with Crippen molar-refractivity contribution in [2.75, 3.05) is 0 Å². The molecule has 2 saturated carbocycles. The molecule has 0 aliphatic heterocycles. The second kappa shape index (κ2) is 4.94. The van der Waals surface area contributed by atoms with Crippen LogP contribution in [0.1, 0.15) is 60.8 Å². The summed E-state index contributed by atoms with van der Waals surface area (Å²) in [6.07, 6.45) is 4.40. The third-order valence-electron chi connectivity index (χ3n) is 6.79. The van der Waals surface area contributed by atoms with Crippen molar-refractivity contribution in [2.45, 2.75) is 60.8 Å². The quantitative estimate of drug-likeness (QED) is 0.615. The molecule has 2 aliphatic rings. The Morgan fingerprint density at radius 1 is 0.706 bits per heavy atom. The summed E-state index contributed by atoms with van der Waals surface area (Å²) in [6.45, 7) is 14.9. The van der Waals surface area contributed by atoms with E-state index in [-0.39, 0.29) is 0 Å². The lowest BCUT2D eigenvalue weighted by Crippen LogP contribution is -2.23. The summed E-state index contributed by atoms with van der Waals surface area (Å²) in [4.78, 5) is 0. The lowest BCUT2D eigenvalue weighted by molar-refractivity contribution is 0.193. The van der Waals surface area contributed by atoms with Gasteiger partial charge in [0.25, 0.3) is 0 Å². The van der Waals surface area contributed by atoms with E-state index in [1.54, 1.807) is 0 Å². The van der Waals surface area contributed by atoms with Gasteiger partial charge in [-0.25, -0.2) is 0 Å².